The molecule has 0 bridgehead atoms. The Morgan fingerprint density at radius 2 is 2.12 bits per heavy atom. The van der Waals surface area contributed by atoms with Crippen LogP contribution in [0.25, 0.3) is 22.3 Å². The van der Waals surface area contributed by atoms with Gasteiger partial charge < -0.3 is 9.55 Å². The van der Waals surface area contributed by atoms with Crippen molar-refractivity contribution in [3.05, 3.63) is 58.3 Å². The average molecular weight is 366 g/mol. The Balaban J connectivity index is 1.66. The zero-order chi connectivity index (χ0) is 18.1. The molecule has 4 aromatic rings. The van der Waals surface area contributed by atoms with Gasteiger partial charge in [-0.25, -0.2) is 4.98 Å². The maximum atomic E-state index is 12.6. The molecule has 0 spiro atoms. The second-order valence-electron chi connectivity index (χ2n) is 6.16. The third-order valence-electron chi connectivity index (χ3n) is 4.22. The predicted octanol–water partition coefficient (Wildman–Crippen LogP) is 2.92. The fourth-order valence-corrected chi connectivity index (χ4v) is 3.83. The summed E-state index contributed by atoms with van der Waals surface area (Å²) in [5.74, 6) is 1.48. The van der Waals surface area contributed by atoms with Crippen molar-refractivity contribution in [2.75, 3.05) is 5.75 Å². The van der Waals surface area contributed by atoms with Crippen LogP contribution < -0.4 is 5.56 Å². The summed E-state index contributed by atoms with van der Waals surface area (Å²) in [6, 6.07) is 6.08. The molecule has 4 rings (SSSR count). The molecule has 3 aromatic heterocycles. The highest BCUT2D eigenvalue weighted by molar-refractivity contribution is 7.99. The minimum Gasteiger partial charge on any atom is -0.330 e. The van der Waals surface area contributed by atoms with Crippen molar-refractivity contribution in [2.45, 2.75) is 25.4 Å². The monoisotopic (exact) mass is 366 g/mol. The van der Waals surface area contributed by atoms with Gasteiger partial charge in [-0.05, 0) is 36.9 Å². The van der Waals surface area contributed by atoms with Crippen molar-refractivity contribution in [3.8, 4) is 11.4 Å². The number of nitrogens with one attached hydrogen (secondary N) is 2. The molecule has 0 aliphatic carbocycles. The number of aromatic nitrogens is 6. The minimum atomic E-state index is -0.124. The van der Waals surface area contributed by atoms with Crippen LogP contribution in [0.1, 0.15) is 11.1 Å². The van der Waals surface area contributed by atoms with Gasteiger partial charge in [-0.2, -0.15) is 10.3 Å². The van der Waals surface area contributed by atoms with Crippen molar-refractivity contribution in [1.82, 2.24) is 29.9 Å². The van der Waals surface area contributed by atoms with E-state index in [4.69, 9.17) is 0 Å². The van der Waals surface area contributed by atoms with E-state index in [1.54, 1.807) is 24.2 Å². The Morgan fingerprint density at radius 1 is 1.23 bits per heavy atom. The van der Waals surface area contributed by atoms with Gasteiger partial charge in [0.1, 0.15) is 10.9 Å². The standard InChI is InChI=1S/C18H18N6OS/c1-11-7-12(2)16-13(8-11)9-14(18(25)21-16)17-19-3-4-24(17)5-6-26-15-10-20-23-22-15/h3-4,7-10H,5-6H2,1-2H3,(H,21,25)(H,20,22,23). The van der Waals surface area contributed by atoms with E-state index in [-0.39, 0.29) is 5.56 Å². The first-order chi connectivity index (χ1) is 12.6. The largest absolute Gasteiger partial charge is 0.330 e. The lowest BCUT2D eigenvalue weighted by molar-refractivity contribution is 0.777. The fourth-order valence-electron chi connectivity index (χ4n) is 3.10. The number of aromatic amines is 2. The molecule has 0 amide bonds. The number of benzene rings is 1. The van der Waals surface area contributed by atoms with Crippen LogP contribution in [-0.4, -0.2) is 35.7 Å². The van der Waals surface area contributed by atoms with E-state index in [9.17, 15) is 4.79 Å². The fraction of sp³-hybridized carbons (Fsp3) is 0.222. The van der Waals surface area contributed by atoms with Crippen LogP contribution in [-0.2, 0) is 6.54 Å². The van der Waals surface area contributed by atoms with Gasteiger partial charge in [0.05, 0.1) is 17.3 Å². The molecule has 26 heavy (non-hydrogen) atoms. The smallest absolute Gasteiger partial charge is 0.259 e. The van der Waals surface area contributed by atoms with Crippen molar-refractivity contribution < 1.29 is 0 Å². The Hall–Kier alpha value is -2.87. The van der Waals surface area contributed by atoms with Crippen LogP contribution in [0.4, 0.5) is 0 Å². The first-order valence-corrected chi connectivity index (χ1v) is 9.25. The number of aryl methyl sites for hydroxylation is 3. The summed E-state index contributed by atoms with van der Waals surface area (Å²) in [6.07, 6.45) is 5.31. The highest BCUT2D eigenvalue weighted by Gasteiger charge is 2.13. The van der Waals surface area contributed by atoms with Gasteiger partial charge in [-0.1, -0.05) is 11.6 Å². The van der Waals surface area contributed by atoms with E-state index < -0.39 is 0 Å². The molecule has 0 saturated carbocycles. The summed E-state index contributed by atoms with van der Waals surface area (Å²) < 4.78 is 1.99. The van der Waals surface area contributed by atoms with Gasteiger partial charge >= 0.3 is 0 Å². The first kappa shape index (κ1) is 16.6. The summed E-state index contributed by atoms with van der Waals surface area (Å²) >= 11 is 1.60. The summed E-state index contributed by atoms with van der Waals surface area (Å²) in [7, 11) is 0. The van der Waals surface area contributed by atoms with Crippen LogP contribution in [0, 0.1) is 13.8 Å². The topological polar surface area (TPSA) is 92.2 Å². The van der Waals surface area contributed by atoms with E-state index in [1.165, 1.54) is 5.56 Å². The number of nitrogens with zero attached hydrogens (tertiary/aromatic N) is 4. The van der Waals surface area contributed by atoms with Gasteiger partial charge in [0.25, 0.3) is 5.56 Å². The van der Waals surface area contributed by atoms with Crippen LogP contribution in [0.5, 0.6) is 0 Å². The molecule has 0 atom stereocenters. The average Bonchev–Trinajstić information content (AvgIpc) is 3.27. The molecule has 0 fully saturated rings. The van der Waals surface area contributed by atoms with E-state index in [0.29, 0.717) is 11.4 Å². The number of rotatable bonds is 5. The molecule has 0 saturated heterocycles. The van der Waals surface area contributed by atoms with E-state index in [1.807, 2.05) is 23.8 Å². The SMILES string of the molecule is Cc1cc(C)c2[nH]c(=O)c(-c3nccn3CCSc3cn[nH]n3)cc2c1. The normalized spacial score (nSPS) is 11.3. The molecule has 132 valence electrons. The number of H-pyrrole nitrogens is 2. The number of hydrogen-bond donors (Lipinski definition) is 2. The van der Waals surface area contributed by atoms with Crippen molar-refractivity contribution in [2.24, 2.45) is 0 Å². The molecule has 0 aliphatic rings. The lowest BCUT2D eigenvalue weighted by atomic mass is 10.1. The number of imidazole rings is 1. The van der Waals surface area contributed by atoms with E-state index >= 15 is 0 Å². The number of pyridine rings is 1. The van der Waals surface area contributed by atoms with E-state index in [0.717, 1.165) is 33.8 Å². The Kier molecular flexibility index (Phi) is 4.34. The molecule has 2 N–H and O–H groups in total. The molecular weight excluding hydrogens is 348 g/mol. The molecule has 0 aliphatic heterocycles. The third-order valence-corrected chi connectivity index (χ3v) is 5.10. The summed E-state index contributed by atoms with van der Waals surface area (Å²) in [5, 5.41) is 12.3. The predicted molar refractivity (Wildman–Crippen MR) is 102 cm³/mol. The lowest BCUT2D eigenvalue weighted by Crippen LogP contribution is -2.13. The number of hydrogen-bond acceptors (Lipinski definition) is 5. The Labute approximate surface area is 153 Å². The quantitative estimate of drug-likeness (QED) is 0.530. The van der Waals surface area contributed by atoms with Crippen LogP contribution in [0.15, 0.2) is 46.6 Å². The molecular formula is C18H18N6OS. The maximum absolute atomic E-state index is 12.6. The zero-order valence-electron chi connectivity index (χ0n) is 14.5. The molecule has 3 heterocycles. The van der Waals surface area contributed by atoms with Crippen LogP contribution in [0.3, 0.4) is 0 Å². The minimum absolute atomic E-state index is 0.124. The second kappa shape index (κ2) is 6.80. The Morgan fingerprint density at radius 3 is 2.92 bits per heavy atom. The van der Waals surface area contributed by atoms with Crippen LogP contribution >= 0.6 is 11.8 Å². The Bertz CT molecular complexity index is 1110. The van der Waals surface area contributed by atoms with Crippen molar-refractivity contribution in [1.29, 1.82) is 0 Å². The molecule has 0 radical (unpaired) electrons. The highest BCUT2D eigenvalue weighted by atomic mass is 32.2. The molecule has 7 nitrogen and oxygen atoms in total. The second-order valence-corrected chi connectivity index (χ2v) is 7.27. The van der Waals surface area contributed by atoms with Crippen LogP contribution in [0.2, 0.25) is 0 Å². The number of fused-ring (bicyclic) bond motifs is 1. The molecule has 8 heteroatoms. The zero-order valence-corrected chi connectivity index (χ0v) is 15.3. The molecule has 0 unspecified atom stereocenters. The molecule has 1 aromatic carbocycles. The van der Waals surface area contributed by atoms with Gasteiger partial charge in [0, 0.05) is 24.7 Å². The lowest BCUT2D eigenvalue weighted by Gasteiger charge is -2.09. The summed E-state index contributed by atoms with van der Waals surface area (Å²) in [4.78, 5) is 20.1. The van der Waals surface area contributed by atoms with Crippen molar-refractivity contribution >= 4 is 22.7 Å². The maximum Gasteiger partial charge on any atom is 0.259 e. The first-order valence-electron chi connectivity index (χ1n) is 8.26. The van der Waals surface area contributed by atoms with Gasteiger partial charge in [0.2, 0.25) is 0 Å². The van der Waals surface area contributed by atoms with Crippen molar-refractivity contribution in [3.63, 3.8) is 0 Å². The number of thioether (sulfide) groups is 1. The summed E-state index contributed by atoms with van der Waals surface area (Å²) in [5.41, 5.74) is 3.57. The third kappa shape index (κ3) is 3.15. The van der Waals surface area contributed by atoms with E-state index in [2.05, 4.69) is 44.4 Å². The highest BCUT2D eigenvalue weighted by Crippen LogP contribution is 2.22. The summed E-state index contributed by atoms with van der Waals surface area (Å²) in [6.45, 7) is 4.78. The van der Waals surface area contributed by atoms with Gasteiger partial charge in [-0.15, -0.1) is 16.9 Å². The van der Waals surface area contributed by atoms with Gasteiger partial charge in [0.15, 0.2) is 0 Å². The van der Waals surface area contributed by atoms with Gasteiger partial charge in [-0.3, -0.25) is 4.79 Å².